The number of ether oxygens (including phenoxy) is 2. The van der Waals surface area contributed by atoms with Gasteiger partial charge >= 0.3 is 5.97 Å². The van der Waals surface area contributed by atoms with Gasteiger partial charge in [0.25, 0.3) is 7.82 Å². The molecule has 0 saturated carbocycles. The molecule has 3 rings (SSSR count). The predicted octanol–water partition coefficient (Wildman–Crippen LogP) is -2.60. The van der Waals surface area contributed by atoms with Crippen LogP contribution in [0.25, 0.3) is 11.2 Å². The molecule has 2 aromatic heterocycles. The Kier molecular flexibility index (Phi) is 5.63. The first-order valence-electron chi connectivity index (χ1n) is 7.99. The first-order chi connectivity index (χ1) is 13.1. The second-order valence-electron chi connectivity index (χ2n) is 6.09. The smallest absolute Gasteiger partial charge is 0.323 e. The number of nitrogens with zero attached hydrogens (tertiary/aromatic N) is 4. The number of carbonyl (C=O) groups excluding carboxylic acids is 1. The number of esters is 1. The van der Waals surface area contributed by atoms with E-state index in [0.29, 0.717) is 0 Å². The minimum atomic E-state index is -5.08. The summed E-state index contributed by atoms with van der Waals surface area (Å²) in [4.78, 5) is 43.5. The predicted molar refractivity (Wildman–Crippen MR) is 89.0 cm³/mol. The molecule has 2 aromatic rings. The minimum Gasteiger partial charge on any atom is -0.756 e. The topological polar surface area (TPSA) is 221 Å². The third-order valence-corrected chi connectivity index (χ3v) is 4.47. The molecule has 1 saturated heterocycles. The van der Waals surface area contributed by atoms with Gasteiger partial charge in [-0.25, -0.2) is 15.0 Å². The molecule has 0 spiro atoms. The highest BCUT2D eigenvalue weighted by Gasteiger charge is 2.48. The molecule has 6 N–H and O–H groups in total. The van der Waals surface area contributed by atoms with E-state index in [0.717, 1.165) is 0 Å². The fourth-order valence-electron chi connectivity index (χ4n) is 2.69. The van der Waals surface area contributed by atoms with Crippen LogP contribution in [0.15, 0.2) is 12.7 Å². The van der Waals surface area contributed by atoms with Gasteiger partial charge in [-0.2, -0.15) is 0 Å². The highest BCUT2D eigenvalue weighted by atomic mass is 31.2. The summed E-state index contributed by atoms with van der Waals surface area (Å²) < 4.78 is 27.3. The highest BCUT2D eigenvalue weighted by molar-refractivity contribution is 7.44. The Hall–Kier alpha value is -2.19. The van der Waals surface area contributed by atoms with E-state index in [1.54, 1.807) is 0 Å². The summed E-state index contributed by atoms with van der Waals surface area (Å²) in [5.74, 6) is -0.752. The highest BCUT2D eigenvalue weighted by Crippen LogP contribution is 2.37. The number of aliphatic hydroxyl groups is 1. The van der Waals surface area contributed by atoms with Crippen LogP contribution in [0.1, 0.15) is 13.2 Å². The molecule has 1 unspecified atom stereocenters. The third-order valence-electron chi connectivity index (χ3n) is 4.00. The maximum atomic E-state index is 11.9. The van der Waals surface area contributed by atoms with Crippen molar-refractivity contribution in [2.45, 2.75) is 37.5 Å². The number of hydrogen-bond donors (Lipinski definition) is 4. The van der Waals surface area contributed by atoms with Gasteiger partial charge < -0.3 is 40.4 Å². The maximum absolute atomic E-state index is 11.9. The summed E-state index contributed by atoms with van der Waals surface area (Å²) in [6, 6.07) is -1.00. The van der Waals surface area contributed by atoms with Gasteiger partial charge in [0.05, 0.1) is 12.9 Å². The summed E-state index contributed by atoms with van der Waals surface area (Å²) >= 11 is 0. The Morgan fingerprint density at radius 2 is 2.21 bits per heavy atom. The van der Waals surface area contributed by atoms with Crippen molar-refractivity contribution in [1.82, 2.24) is 19.5 Å². The lowest BCUT2D eigenvalue weighted by Gasteiger charge is -2.23. The second kappa shape index (κ2) is 7.67. The van der Waals surface area contributed by atoms with Crippen LogP contribution in [0, 0.1) is 0 Å². The lowest BCUT2D eigenvalue weighted by Crippen LogP contribution is -2.42. The molecule has 3 heterocycles. The Morgan fingerprint density at radius 3 is 2.86 bits per heavy atom. The number of fused-ring (bicyclic) bond motifs is 1. The molecule has 1 aliphatic rings. The first-order valence-corrected chi connectivity index (χ1v) is 9.49. The maximum Gasteiger partial charge on any atom is 0.323 e. The molecular formula is C13H18N6O8P-. The summed E-state index contributed by atoms with van der Waals surface area (Å²) in [6.07, 6.45) is -2.76. The number of nitrogen functional groups attached to an aromatic ring is 1. The van der Waals surface area contributed by atoms with Crippen LogP contribution in [0.5, 0.6) is 0 Å². The van der Waals surface area contributed by atoms with Gasteiger partial charge in [-0.15, -0.1) is 0 Å². The van der Waals surface area contributed by atoms with E-state index in [9.17, 15) is 19.4 Å². The molecule has 0 aliphatic carbocycles. The van der Waals surface area contributed by atoms with Gasteiger partial charge in [-0.1, -0.05) is 0 Å². The fourth-order valence-corrected chi connectivity index (χ4v) is 3.03. The molecule has 15 heteroatoms. The number of imidazole rings is 1. The summed E-state index contributed by atoms with van der Waals surface area (Å²) in [6.45, 7) is 0.654. The molecule has 154 valence electrons. The Labute approximate surface area is 157 Å². The molecule has 1 aliphatic heterocycles. The normalized spacial score (nSPS) is 28.2. The number of phosphoric ester groups is 1. The van der Waals surface area contributed by atoms with Crippen molar-refractivity contribution in [3.05, 3.63) is 12.7 Å². The van der Waals surface area contributed by atoms with Gasteiger partial charge in [0.2, 0.25) is 0 Å². The number of aliphatic hydroxyl groups excluding tert-OH is 1. The van der Waals surface area contributed by atoms with Crippen molar-refractivity contribution in [2.75, 3.05) is 12.3 Å². The van der Waals surface area contributed by atoms with Gasteiger partial charge in [-0.3, -0.25) is 13.9 Å². The summed E-state index contributed by atoms with van der Waals surface area (Å²) in [5, 5.41) is 10.6. The van der Waals surface area contributed by atoms with Gasteiger partial charge in [0.15, 0.2) is 23.8 Å². The molecule has 28 heavy (non-hydrogen) atoms. The van der Waals surface area contributed by atoms with E-state index in [-0.39, 0.29) is 17.0 Å². The lowest BCUT2D eigenvalue weighted by atomic mass is 10.1. The molecule has 0 aromatic carbocycles. The van der Waals surface area contributed by atoms with Crippen LogP contribution in [0.3, 0.4) is 0 Å². The summed E-state index contributed by atoms with van der Waals surface area (Å²) in [7, 11) is -5.08. The van der Waals surface area contributed by atoms with Crippen LogP contribution in [-0.2, 0) is 23.4 Å². The zero-order valence-corrected chi connectivity index (χ0v) is 15.4. The third kappa shape index (κ3) is 4.12. The second-order valence-corrected chi connectivity index (χ2v) is 7.29. The number of nitrogens with two attached hydrogens (primary N) is 2. The van der Waals surface area contributed by atoms with Crippen LogP contribution in [0.2, 0.25) is 0 Å². The standard InChI is InChI=1S/C13H19N6O8P/c1-5(14)13(21)27-9-6(2-25-28(22,23)24)26-12(8(9)20)19-4-18-7-10(15)16-3-17-11(7)19/h3-6,8-9,12,20H,2,14H2,1H3,(H2,15,16,17)(H2,22,23,24)/p-1/t5-,6+,8+,9+,12+/m0/s1. The van der Waals surface area contributed by atoms with Crippen molar-refractivity contribution < 1.29 is 38.3 Å². The zero-order valence-electron chi connectivity index (χ0n) is 14.5. The average Bonchev–Trinajstić information content (AvgIpc) is 3.15. The van der Waals surface area contributed by atoms with Crippen molar-refractivity contribution in [3.8, 4) is 0 Å². The Bertz CT molecular complexity index is 916. The fraction of sp³-hybridized carbons (Fsp3) is 0.538. The quantitative estimate of drug-likeness (QED) is 0.280. The molecular weight excluding hydrogens is 399 g/mol. The van der Waals surface area contributed by atoms with Crippen LogP contribution >= 0.6 is 7.82 Å². The monoisotopic (exact) mass is 417 g/mol. The lowest BCUT2D eigenvalue weighted by molar-refractivity contribution is -0.223. The largest absolute Gasteiger partial charge is 0.756 e. The van der Waals surface area contributed by atoms with Gasteiger partial charge in [0, 0.05) is 0 Å². The number of hydrogen-bond acceptors (Lipinski definition) is 12. The van der Waals surface area contributed by atoms with Gasteiger partial charge in [0.1, 0.15) is 30.1 Å². The number of phosphoric acid groups is 1. The number of anilines is 1. The van der Waals surface area contributed by atoms with E-state index in [1.165, 1.54) is 24.1 Å². The van der Waals surface area contributed by atoms with Crippen molar-refractivity contribution >= 4 is 30.8 Å². The molecule has 0 amide bonds. The summed E-state index contributed by atoms with van der Waals surface area (Å²) in [5.41, 5.74) is 11.7. The van der Waals surface area contributed by atoms with Crippen LogP contribution in [0.4, 0.5) is 5.82 Å². The van der Waals surface area contributed by atoms with Crippen LogP contribution in [-0.4, -0.2) is 66.4 Å². The van der Waals surface area contributed by atoms with E-state index in [2.05, 4.69) is 19.5 Å². The minimum absolute atomic E-state index is 0.101. The molecule has 0 bridgehead atoms. The molecule has 0 radical (unpaired) electrons. The van der Waals surface area contributed by atoms with E-state index >= 15 is 0 Å². The number of rotatable bonds is 6. The zero-order chi connectivity index (χ0) is 20.6. The van der Waals surface area contributed by atoms with Crippen LogP contribution < -0.4 is 16.4 Å². The first kappa shape index (κ1) is 20.5. The van der Waals surface area contributed by atoms with Crippen molar-refractivity contribution in [3.63, 3.8) is 0 Å². The van der Waals surface area contributed by atoms with Crippen molar-refractivity contribution in [1.29, 1.82) is 0 Å². The van der Waals surface area contributed by atoms with Crippen molar-refractivity contribution in [2.24, 2.45) is 5.73 Å². The average molecular weight is 417 g/mol. The van der Waals surface area contributed by atoms with Gasteiger partial charge in [-0.05, 0) is 6.92 Å². The Morgan fingerprint density at radius 1 is 1.50 bits per heavy atom. The SMILES string of the molecule is C[C@H](N)C(=O)O[C@H]1[C@@H](O)[C@H](n2cnc3c(N)ncnc32)O[C@@H]1COP(=O)([O-])O. The molecule has 6 atom stereocenters. The molecule has 1 fully saturated rings. The van der Waals surface area contributed by atoms with E-state index < -0.39 is 51.0 Å². The van der Waals surface area contributed by atoms with E-state index in [1.807, 2.05) is 0 Å². The molecule has 14 nitrogen and oxygen atoms in total. The van der Waals surface area contributed by atoms with E-state index in [4.69, 9.17) is 25.8 Å². The number of aromatic nitrogens is 4. The Balaban J connectivity index is 1.90. The number of carbonyl (C=O) groups is 1.